The lowest BCUT2D eigenvalue weighted by Gasteiger charge is -2.11. The summed E-state index contributed by atoms with van der Waals surface area (Å²) in [6.07, 6.45) is 4.85. The van der Waals surface area contributed by atoms with E-state index in [1.165, 1.54) is 4.57 Å². The molecule has 156 valence electrons. The van der Waals surface area contributed by atoms with E-state index in [9.17, 15) is 9.59 Å². The monoisotopic (exact) mass is 413 g/mol. The molecule has 4 aromatic rings. The Bertz CT molecular complexity index is 1300. The molecule has 6 nitrogen and oxygen atoms in total. The summed E-state index contributed by atoms with van der Waals surface area (Å²) in [6.45, 7) is 4.51. The van der Waals surface area contributed by atoms with Gasteiger partial charge in [-0.1, -0.05) is 18.2 Å². The fourth-order valence-corrected chi connectivity index (χ4v) is 3.52. The van der Waals surface area contributed by atoms with Crippen LogP contribution in [0, 0.1) is 6.92 Å². The van der Waals surface area contributed by atoms with Crippen LogP contribution >= 0.6 is 0 Å². The van der Waals surface area contributed by atoms with Crippen molar-refractivity contribution in [3.63, 3.8) is 0 Å². The van der Waals surface area contributed by atoms with Crippen molar-refractivity contribution in [3.05, 3.63) is 89.1 Å². The number of aromatic nitrogens is 2. The number of amides is 1. The first-order valence-electron chi connectivity index (χ1n) is 10.1. The molecule has 0 aliphatic carbocycles. The second-order valence-electron chi connectivity index (χ2n) is 7.25. The normalized spacial score (nSPS) is 10.8. The molecule has 0 unspecified atom stereocenters. The molecule has 2 aromatic carbocycles. The molecule has 0 saturated heterocycles. The molecule has 2 heterocycles. The number of ether oxygens (including phenoxy) is 1. The van der Waals surface area contributed by atoms with Gasteiger partial charge < -0.3 is 14.6 Å². The highest BCUT2D eigenvalue weighted by Crippen LogP contribution is 2.28. The number of nitrogens with one attached hydrogen (secondary N) is 1. The van der Waals surface area contributed by atoms with Crippen LogP contribution in [-0.4, -0.2) is 22.1 Å². The lowest BCUT2D eigenvalue weighted by atomic mass is 10.0. The van der Waals surface area contributed by atoms with Gasteiger partial charge in [-0.3, -0.25) is 14.6 Å². The standard InChI is InChI=1S/C25H23N3O3/c1-3-31-23-7-6-19(14-17(23)2)20-5-4-18-10-13-28(25(30)22(18)15-20)16-24(29)27-21-8-11-26-12-9-21/h4-15H,3,16H2,1-2H3,(H,26,27,29). The Hall–Kier alpha value is -3.93. The second-order valence-corrected chi connectivity index (χ2v) is 7.25. The third-order valence-corrected chi connectivity index (χ3v) is 5.06. The minimum absolute atomic E-state index is 0.0660. The fourth-order valence-electron chi connectivity index (χ4n) is 3.52. The van der Waals surface area contributed by atoms with Crippen LogP contribution in [0.5, 0.6) is 5.75 Å². The van der Waals surface area contributed by atoms with Crippen molar-refractivity contribution >= 4 is 22.4 Å². The van der Waals surface area contributed by atoms with Crippen LogP contribution in [0.15, 0.2) is 78.0 Å². The lowest BCUT2D eigenvalue weighted by molar-refractivity contribution is -0.116. The smallest absolute Gasteiger partial charge is 0.258 e. The Balaban J connectivity index is 1.63. The number of carbonyl (C=O) groups is 1. The number of anilines is 1. The van der Waals surface area contributed by atoms with Crippen LogP contribution in [-0.2, 0) is 11.3 Å². The molecule has 0 radical (unpaired) electrons. The van der Waals surface area contributed by atoms with Crippen molar-refractivity contribution in [1.82, 2.24) is 9.55 Å². The minimum atomic E-state index is -0.272. The number of carbonyl (C=O) groups excluding carboxylic acids is 1. The van der Waals surface area contributed by atoms with Gasteiger partial charge in [-0.25, -0.2) is 0 Å². The van der Waals surface area contributed by atoms with Crippen LogP contribution in [0.2, 0.25) is 0 Å². The topological polar surface area (TPSA) is 73.2 Å². The van der Waals surface area contributed by atoms with E-state index in [2.05, 4.69) is 16.4 Å². The summed E-state index contributed by atoms with van der Waals surface area (Å²) in [7, 11) is 0. The van der Waals surface area contributed by atoms with Crippen molar-refractivity contribution in [3.8, 4) is 16.9 Å². The SMILES string of the molecule is CCOc1ccc(-c2ccc3ccn(CC(=O)Nc4ccncc4)c(=O)c3c2)cc1C. The number of pyridine rings is 2. The Morgan fingerprint density at radius 3 is 2.52 bits per heavy atom. The van der Waals surface area contributed by atoms with Gasteiger partial charge in [0.25, 0.3) is 5.56 Å². The summed E-state index contributed by atoms with van der Waals surface area (Å²) in [6, 6.07) is 17.0. The maximum absolute atomic E-state index is 13.1. The first kappa shape index (κ1) is 20.3. The van der Waals surface area contributed by atoms with E-state index in [1.54, 1.807) is 30.7 Å². The maximum Gasteiger partial charge on any atom is 0.258 e. The van der Waals surface area contributed by atoms with E-state index in [4.69, 9.17) is 4.74 Å². The number of nitrogens with zero attached hydrogens (tertiary/aromatic N) is 2. The van der Waals surface area contributed by atoms with Crippen molar-refractivity contribution < 1.29 is 9.53 Å². The van der Waals surface area contributed by atoms with Crippen molar-refractivity contribution in [2.75, 3.05) is 11.9 Å². The maximum atomic E-state index is 13.1. The Labute approximate surface area is 180 Å². The molecule has 0 fully saturated rings. The van der Waals surface area contributed by atoms with E-state index in [1.807, 2.05) is 50.2 Å². The van der Waals surface area contributed by atoms with Crippen molar-refractivity contribution in [1.29, 1.82) is 0 Å². The lowest BCUT2D eigenvalue weighted by Crippen LogP contribution is -2.27. The van der Waals surface area contributed by atoms with E-state index < -0.39 is 0 Å². The average Bonchev–Trinajstić information content (AvgIpc) is 2.78. The van der Waals surface area contributed by atoms with Crippen molar-refractivity contribution in [2.24, 2.45) is 0 Å². The molecular formula is C25H23N3O3. The summed E-state index contributed by atoms with van der Waals surface area (Å²) in [5.74, 6) is 0.584. The van der Waals surface area contributed by atoms with Gasteiger partial charge in [-0.2, -0.15) is 0 Å². The number of hydrogen-bond acceptors (Lipinski definition) is 4. The second kappa shape index (κ2) is 8.83. The quantitative estimate of drug-likeness (QED) is 0.508. The minimum Gasteiger partial charge on any atom is -0.494 e. The van der Waals surface area contributed by atoms with Crippen LogP contribution in [0.3, 0.4) is 0 Å². The predicted molar refractivity (Wildman–Crippen MR) is 122 cm³/mol. The third kappa shape index (κ3) is 4.48. The summed E-state index contributed by atoms with van der Waals surface area (Å²) in [5.41, 5.74) is 3.43. The van der Waals surface area contributed by atoms with Crippen LogP contribution in [0.25, 0.3) is 21.9 Å². The van der Waals surface area contributed by atoms with E-state index in [0.717, 1.165) is 27.8 Å². The third-order valence-electron chi connectivity index (χ3n) is 5.06. The fraction of sp³-hybridized carbons (Fsp3) is 0.160. The molecule has 0 aliphatic heterocycles. The highest BCUT2D eigenvalue weighted by atomic mass is 16.5. The molecular weight excluding hydrogens is 390 g/mol. The number of benzene rings is 2. The molecule has 4 rings (SSSR count). The molecule has 0 bridgehead atoms. The number of rotatable bonds is 6. The van der Waals surface area contributed by atoms with E-state index in [-0.39, 0.29) is 18.0 Å². The van der Waals surface area contributed by atoms with Gasteiger partial charge in [-0.15, -0.1) is 0 Å². The van der Waals surface area contributed by atoms with Gasteiger partial charge in [-0.05, 0) is 72.3 Å². The largest absolute Gasteiger partial charge is 0.494 e. The van der Waals surface area contributed by atoms with Gasteiger partial charge in [0, 0.05) is 29.7 Å². The molecule has 1 amide bonds. The first-order chi connectivity index (χ1) is 15.0. The zero-order valence-corrected chi connectivity index (χ0v) is 17.5. The van der Waals surface area contributed by atoms with Gasteiger partial charge in [0.1, 0.15) is 12.3 Å². The summed E-state index contributed by atoms with van der Waals surface area (Å²) < 4.78 is 7.04. The molecule has 0 spiro atoms. The van der Waals surface area contributed by atoms with Crippen LogP contribution in [0.1, 0.15) is 12.5 Å². The van der Waals surface area contributed by atoms with Gasteiger partial charge in [0.15, 0.2) is 0 Å². The molecule has 6 heteroatoms. The zero-order chi connectivity index (χ0) is 21.8. The number of hydrogen-bond donors (Lipinski definition) is 1. The van der Waals surface area contributed by atoms with E-state index >= 15 is 0 Å². The molecule has 2 aromatic heterocycles. The number of aryl methyl sites for hydroxylation is 1. The highest BCUT2D eigenvalue weighted by Gasteiger charge is 2.10. The Morgan fingerprint density at radius 1 is 1.03 bits per heavy atom. The molecule has 0 atom stereocenters. The van der Waals surface area contributed by atoms with Gasteiger partial charge >= 0.3 is 0 Å². The summed E-state index contributed by atoms with van der Waals surface area (Å²) in [4.78, 5) is 29.4. The van der Waals surface area contributed by atoms with E-state index in [0.29, 0.717) is 17.7 Å². The zero-order valence-electron chi connectivity index (χ0n) is 17.5. The predicted octanol–water partition coefficient (Wildman–Crippen LogP) is 4.41. The van der Waals surface area contributed by atoms with Crippen molar-refractivity contribution in [2.45, 2.75) is 20.4 Å². The van der Waals surface area contributed by atoms with Gasteiger partial charge in [0.2, 0.25) is 5.91 Å². The highest BCUT2D eigenvalue weighted by molar-refractivity contribution is 5.91. The Morgan fingerprint density at radius 2 is 1.77 bits per heavy atom. The molecule has 1 N–H and O–H groups in total. The average molecular weight is 413 g/mol. The summed E-state index contributed by atoms with van der Waals surface area (Å²) >= 11 is 0. The summed E-state index contributed by atoms with van der Waals surface area (Å²) in [5, 5.41) is 4.18. The van der Waals surface area contributed by atoms with Crippen LogP contribution < -0.4 is 15.6 Å². The molecule has 0 aliphatic rings. The number of fused-ring (bicyclic) bond motifs is 1. The first-order valence-corrected chi connectivity index (χ1v) is 10.1. The van der Waals surface area contributed by atoms with Gasteiger partial charge in [0.05, 0.1) is 6.61 Å². The molecule has 0 saturated carbocycles. The Kier molecular flexibility index (Phi) is 5.80. The van der Waals surface area contributed by atoms with Crippen LogP contribution in [0.4, 0.5) is 5.69 Å². The molecule has 31 heavy (non-hydrogen) atoms.